The van der Waals surface area contributed by atoms with Crippen LogP contribution in [0, 0.1) is 11.8 Å². The maximum atomic E-state index is 13.5. The van der Waals surface area contributed by atoms with E-state index >= 15 is 0 Å². The van der Waals surface area contributed by atoms with Crippen molar-refractivity contribution in [2.75, 3.05) is 13.1 Å². The Morgan fingerprint density at radius 3 is 2.59 bits per heavy atom. The van der Waals surface area contributed by atoms with Crippen LogP contribution in [0.1, 0.15) is 54.6 Å². The summed E-state index contributed by atoms with van der Waals surface area (Å²) in [7, 11) is 0. The third kappa shape index (κ3) is 3.50. The van der Waals surface area contributed by atoms with E-state index in [1.165, 1.54) is 6.92 Å². The quantitative estimate of drug-likeness (QED) is 0.839. The average molecular weight is 393 g/mol. The summed E-state index contributed by atoms with van der Waals surface area (Å²) >= 11 is 0. The fourth-order valence-corrected chi connectivity index (χ4v) is 5.14. The van der Waals surface area contributed by atoms with Gasteiger partial charge in [-0.2, -0.15) is 0 Å². The summed E-state index contributed by atoms with van der Waals surface area (Å²) in [6, 6.07) is 9.66. The number of rotatable bonds is 3. The van der Waals surface area contributed by atoms with Gasteiger partial charge in [-0.1, -0.05) is 18.2 Å². The molecule has 29 heavy (non-hydrogen) atoms. The molecule has 5 rings (SSSR count). The summed E-state index contributed by atoms with van der Waals surface area (Å²) in [6.45, 7) is 2.83. The van der Waals surface area contributed by atoms with Gasteiger partial charge in [0, 0.05) is 37.0 Å². The number of nitrogens with one attached hydrogen (secondary N) is 1. The standard InChI is InChI=1S/C23H27N3O3/c1-13(27)24-21-8-15-11-26(12-16(15)9-22(21)28)23(29)18-10-20(14-6-7-14)25-19-5-3-2-4-17(18)19/h2-5,10,14-16,21-22,28H,6-9,11-12H2,1H3,(H,24,27)/t15-,16+,21-,22-/m1/s1. The Bertz CT molecular complexity index is 971. The van der Waals surface area contributed by atoms with Crippen LogP contribution in [0.2, 0.25) is 0 Å². The van der Waals surface area contributed by atoms with Crippen LogP contribution < -0.4 is 5.32 Å². The summed E-state index contributed by atoms with van der Waals surface area (Å²) in [6.07, 6.45) is 3.10. The minimum Gasteiger partial charge on any atom is -0.391 e. The predicted molar refractivity (Wildman–Crippen MR) is 109 cm³/mol. The zero-order valence-electron chi connectivity index (χ0n) is 16.7. The van der Waals surface area contributed by atoms with Gasteiger partial charge in [-0.3, -0.25) is 14.6 Å². The number of amides is 2. The number of nitrogens with zero attached hydrogens (tertiary/aromatic N) is 2. The van der Waals surface area contributed by atoms with Gasteiger partial charge in [-0.05, 0) is 49.7 Å². The number of para-hydroxylation sites is 1. The van der Waals surface area contributed by atoms with E-state index < -0.39 is 6.10 Å². The fraction of sp³-hybridized carbons (Fsp3) is 0.522. The zero-order chi connectivity index (χ0) is 20.1. The van der Waals surface area contributed by atoms with Crippen molar-refractivity contribution in [3.05, 3.63) is 41.6 Å². The van der Waals surface area contributed by atoms with Gasteiger partial charge in [-0.25, -0.2) is 0 Å². The molecule has 6 nitrogen and oxygen atoms in total. The number of carbonyl (C=O) groups is 2. The smallest absolute Gasteiger partial charge is 0.254 e. The van der Waals surface area contributed by atoms with Gasteiger partial charge in [0.25, 0.3) is 5.91 Å². The number of aromatic nitrogens is 1. The molecule has 1 aromatic heterocycles. The summed E-state index contributed by atoms with van der Waals surface area (Å²) < 4.78 is 0. The van der Waals surface area contributed by atoms with E-state index in [0.717, 1.165) is 41.4 Å². The number of pyridine rings is 1. The Hall–Kier alpha value is -2.47. The van der Waals surface area contributed by atoms with Crippen LogP contribution in [-0.4, -0.2) is 52.0 Å². The van der Waals surface area contributed by atoms with Gasteiger partial charge in [0.1, 0.15) is 0 Å². The number of likely N-dealkylation sites (tertiary alicyclic amines) is 1. The van der Waals surface area contributed by atoms with Crippen LogP contribution >= 0.6 is 0 Å². The van der Waals surface area contributed by atoms with Crippen molar-refractivity contribution in [3.8, 4) is 0 Å². The Morgan fingerprint density at radius 1 is 1.14 bits per heavy atom. The molecule has 0 bridgehead atoms. The number of hydrogen-bond acceptors (Lipinski definition) is 4. The topological polar surface area (TPSA) is 82.5 Å². The normalized spacial score (nSPS) is 29.0. The van der Waals surface area contributed by atoms with Gasteiger partial charge in [0.15, 0.2) is 0 Å². The Kier molecular flexibility index (Phi) is 4.54. The van der Waals surface area contributed by atoms with E-state index in [4.69, 9.17) is 4.98 Å². The monoisotopic (exact) mass is 393 g/mol. The first-order valence-corrected chi connectivity index (χ1v) is 10.6. The lowest BCUT2D eigenvalue weighted by Gasteiger charge is -2.35. The molecule has 3 fully saturated rings. The van der Waals surface area contributed by atoms with Crippen molar-refractivity contribution in [1.82, 2.24) is 15.2 Å². The average Bonchev–Trinajstić information content (AvgIpc) is 3.47. The third-order valence-corrected chi connectivity index (χ3v) is 6.78. The molecule has 4 atom stereocenters. The molecule has 0 unspecified atom stereocenters. The number of aliphatic hydroxyl groups excluding tert-OH is 1. The van der Waals surface area contributed by atoms with E-state index in [2.05, 4.69) is 5.32 Å². The molecule has 152 valence electrons. The molecule has 1 aromatic carbocycles. The van der Waals surface area contributed by atoms with Gasteiger partial charge >= 0.3 is 0 Å². The Balaban J connectivity index is 1.40. The molecule has 2 amide bonds. The second-order valence-electron chi connectivity index (χ2n) is 8.96. The molecule has 1 aliphatic heterocycles. The van der Waals surface area contributed by atoms with Gasteiger partial charge in [0.2, 0.25) is 5.91 Å². The molecular formula is C23H27N3O3. The molecule has 2 aromatic rings. The Morgan fingerprint density at radius 2 is 1.86 bits per heavy atom. The highest BCUT2D eigenvalue weighted by Crippen LogP contribution is 2.41. The minimum absolute atomic E-state index is 0.0606. The lowest BCUT2D eigenvalue weighted by atomic mass is 9.77. The maximum absolute atomic E-state index is 13.5. The van der Waals surface area contributed by atoms with Crippen molar-refractivity contribution < 1.29 is 14.7 Å². The van der Waals surface area contributed by atoms with Crippen LogP contribution in [0.25, 0.3) is 10.9 Å². The van der Waals surface area contributed by atoms with Crippen molar-refractivity contribution in [2.24, 2.45) is 11.8 Å². The molecule has 2 saturated carbocycles. The Labute approximate surface area is 170 Å². The fourth-order valence-electron chi connectivity index (χ4n) is 5.14. The number of benzene rings is 1. The van der Waals surface area contributed by atoms with E-state index in [-0.39, 0.29) is 23.8 Å². The third-order valence-electron chi connectivity index (χ3n) is 6.78. The van der Waals surface area contributed by atoms with Crippen molar-refractivity contribution >= 4 is 22.7 Å². The highest BCUT2D eigenvalue weighted by Gasteiger charge is 2.43. The van der Waals surface area contributed by atoms with E-state index in [0.29, 0.717) is 31.3 Å². The van der Waals surface area contributed by atoms with Crippen LogP contribution in [0.3, 0.4) is 0 Å². The van der Waals surface area contributed by atoms with Gasteiger partial charge < -0.3 is 15.3 Å². The summed E-state index contributed by atoms with van der Waals surface area (Å²) in [4.78, 5) is 31.7. The molecule has 0 spiro atoms. The first-order chi connectivity index (χ1) is 14.0. The number of carbonyl (C=O) groups excluding carboxylic acids is 2. The summed E-state index contributed by atoms with van der Waals surface area (Å²) in [5.41, 5.74) is 2.66. The highest BCUT2D eigenvalue weighted by molar-refractivity contribution is 6.06. The SMILES string of the molecule is CC(=O)N[C@@H]1C[C@@H]2CN(C(=O)c3cc(C4CC4)nc4ccccc34)C[C@@H]2C[C@H]1O. The van der Waals surface area contributed by atoms with E-state index in [9.17, 15) is 14.7 Å². The second-order valence-corrected chi connectivity index (χ2v) is 8.96. The van der Waals surface area contributed by atoms with Crippen molar-refractivity contribution in [1.29, 1.82) is 0 Å². The number of aliphatic hydroxyl groups is 1. The molecule has 2 heterocycles. The first-order valence-electron chi connectivity index (χ1n) is 10.6. The predicted octanol–water partition coefficient (Wildman–Crippen LogP) is 2.46. The number of hydrogen-bond donors (Lipinski definition) is 2. The molecule has 1 saturated heterocycles. The molecule has 0 radical (unpaired) electrons. The molecule has 3 aliphatic rings. The minimum atomic E-state index is -0.543. The van der Waals surface area contributed by atoms with Crippen molar-refractivity contribution in [2.45, 2.75) is 50.7 Å². The lowest BCUT2D eigenvalue weighted by Crippen LogP contribution is -2.48. The first kappa shape index (κ1) is 18.6. The van der Waals surface area contributed by atoms with E-state index in [1.807, 2.05) is 35.2 Å². The molecular weight excluding hydrogens is 366 g/mol. The summed E-state index contributed by atoms with van der Waals surface area (Å²) in [5.74, 6) is 1.03. The van der Waals surface area contributed by atoms with Crippen LogP contribution in [0.4, 0.5) is 0 Å². The maximum Gasteiger partial charge on any atom is 0.254 e. The zero-order valence-corrected chi connectivity index (χ0v) is 16.7. The summed E-state index contributed by atoms with van der Waals surface area (Å²) in [5, 5.41) is 14.2. The van der Waals surface area contributed by atoms with Gasteiger partial charge in [0.05, 0.1) is 23.2 Å². The largest absolute Gasteiger partial charge is 0.391 e. The molecule has 6 heteroatoms. The number of fused-ring (bicyclic) bond motifs is 2. The molecule has 2 N–H and O–H groups in total. The van der Waals surface area contributed by atoms with Crippen molar-refractivity contribution in [3.63, 3.8) is 0 Å². The van der Waals surface area contributed by atoms with Crippen LogP contribution in [0.5, 0.6) is 0 Å². The lowest BCUT2D eigenvalue weighted by molar-refractivity contribution is -0.121. The van der Waals surface area contributed by atoms with Crippen LogP contribution in [-0.2, 0) is 4.79 Å². The van der Waals surface area contributed by atoms with E-state index in [1.54, 1.807) is 0 Å². The van der Waals surface area contributed by atoms with Gasteiger partial charge in [-0.15, -0.1) is 0 Å². The molecule has 2 aliphatic carbocycles. The highest BCUT2D eigenvalue weighted by atomic mass is 16.3. The second kappa shape index (κ2) is 7.10. The van der Waals surface area contributed by atoms with Crippen LogP contribution in [0.15, 0.2) is 30.3 Å².